The van der Waals surface area contributed by atoms with Gasteiger partial charge in [-0.2, -0.15) is 0 Å². The number of carbonyl (C=O) groups excluding carboxylic acids is 1. The average molecular weight is 208 g/mol. The second-order valence-electron chi connectivity index (χ2n) is 3.04. The summed E-state index contributed by atoms with van der Waals surface area (Å²) in [5, 5.41) is 11.9. The van der Waals surface area contributed by atoms with Gasteiger partial charge < -0.3 is 10.4 Å². The Morgan fingerprint density at radius 2 is 2.31 bits per heavy atom. The third kappa shape index (κ3) is 8.06. The predicted octanol–water partition coefficient (Wildman–Crippen LogP) is 1.28. The molecule has 1 amide bonds. The van der Waals surface area contributed by atoms with Gasteiger partial charge in [-0.1, -0.05) is 13.3 Å². The van der Waals surface area contributed by atoms with Crippen LogP contribution in [0.2, 0.25) is 0 Å². The predicted molar refractivity (Wildman–Crippen MR) is 53.9 cm³/mol. The lowest BCUT2D eigenvalue weighted by Crippen LogP contribution is -2.31. The SMILES string of the molecule is CCCC(O)CNC(=O)CCCCl. The molecule has 2 N–H and O–H groups in total. The fourth-order valence-electron chi connectivity index (χ4n) is 0.983. The van der Waals surface area contributed by atoms with Crippen molar-refractivity contribution in [3.05, 3.63) is 0 Å². The van der Waals surface area contributed by atoms with Gasteiger partial charge in [0.15, 0.2) is 0 Å². The summed E-state index contributed by atoms with van der Waals surface area (Å²) in [7, 11) is 0. The van der Waals surface area contributed by atoms with Gasteiger partial charge in [0.05, 0.1) is 6.10 Å². The Kier molecular flexibility index (Phi) is 8.14. The normalized spacial score (nSPS) is 12.5. The Morgan fingerprint density at radius 1 is 1.62 bits per heavy atom. The monoisotopic (exact) mass is 207 g/mol. The van der Waals surface area contributed by atoms with Crippen molar-refractivity contribution in [2.75, 3.05) is 12.4 Å². The minimum Gasteiger partial charge on any atom is -0.391 e. The van der Waals surface area contributed by atoms with Gasteiger partial charge in [-0.05, 0) is 12.8 Å². The van der Waals surface area contributed by atoms with Crippen molar-refractivity contribution in [2.24, 2.45) is 0 Å². The average Bonchev–Trinajstić information content (AvgIpc) is 2.12. The summed E-state index contributed by atoms with van der Waals surface area (Å²) in [5.41, 5.74) is 0. The van der Waals surface area contributed by atoms with E-state index in [0.717, 1.165) is 12.8 Å². The fraction of sp³-hybridized carbons (Fsp3) is 0.889. The van der Waals surface area contributed by atoms with E-state index in [1.54, 1.807) is 0 Å². The third-order valence-corrected chi connectivity index (χ3v) is 1.96. The van der Waals surface area contributed by atoms with Crippen molar-refractivity contribution >= 4 is 17.5 Å². The number of aliphatic hydroxyl groups excluding tert-OH is 1. The molecule has 13 heavy (non-hydrogen) atoms. The lowest BCUT2D eigenvalue weighted by atomic mass is 10.2. The second kappa shape index (κ2) is 8.32. The van der Waals surface area contributed by atoms with Crippen LogP contribution in [0.3, 0.4) is 0 Å². The van der Waals surface area contributed by atoms with Crippen molar-refractivity contribution in [2.45, 2.75) is 38.7 Å². The molecule has 0 aromatic rings. The minimum absolute atomic E-state index is 0.0317. The topological polar surface area (TPSA) is 49.3 Å². The van der Waals surface area contributed by atoms with Crippen LogP contribution in [-0.4, -0.2) is 29.5 Å². The molecule has 0 saturated carbocycles. The van der Waals surface area contributed by atoms with Crippen LogP contribution < -0.4 is 5.32 Å². The first-order valence-electron chi connectivity index (χ1n) is 4.71. The summed E-state index contributed by atoms with van der Waals surface area (Å²) in [6.07, 6.45) is 2.39. The van der Waals surface area contributed by atoms with Gasteiger partial charge in [0.2, 0.25) is 5.91 Å². The summed E-state index contributed by atoms with van der Waals surface area (Å²) in [6.45, 7) is 2.35. The third-order valence-electron chi connectivity index (χ3n) is 1.69. The number of hydrogen-bond acceptors (Lipinski definition) is 2. The number of nitrogens with one attached hydrogen (secondary N) is 1. The molecule has 3 nitrogen and oxygen atoms in total. The van der Waals surface area contributed by atoms with Crippen LogP contribution in [-0.2, 0) is 4.79 Å². The molecule has 0 aliphatic heterocycles. The molecule has 78 valence electrons. The molecular weight excluding hydrogens is 190 g/mol. The maximum Gasteiger partial charge on any atom is 0.220 e. The standard InChI is InChI=1S/C9H18ClNO2/c1-2-4-8(12)7-11-9(13)5-3-6-10/h8,12H,2-7H2,1H3,(H,11,13). The number of hydrogen-bond donors (Lipinski definition) is 2. The summed E-state index contributed by atoms with van der Waals surface area (Å²) in [4.78, 5) is 11.0. The first kappa shape index (κ1) is 12.7. The lowest BCUT2D eigenvalue weighted by Gasteiger charge is -2.10. The summed E-state index contributed by atoms with van der Waals surface area (Å²) in [5.74, 6) is 0.473. The summed E-state index contributed by atoms with van der Waals surface area (Å²) >= 11 is 5.43. The zero-order valence-corrected chi connectivity index (χ0v) is 8.81. The highest BCUT2D eigenvalue weighted by molar-refractivity contribution is 6.17. The Morgan fingerprint density at radius 3 is 2.85 bits per heavy atom. The van der Waals surface area contributed by atoms with E-state index < -0.39 is 6.10 Å². The molecular formula is C9H18ClNO2. The quantitative estimate of drug-likeness (QED) is 0.618. The number of amides is 1. The van der Waals surface area contributed by atoms with E-state index in [9.17, 15) is 9.90 Å². The highest BCUT2D eigenvalue weighted by Crippen LogP contribution is 1.95. The minimum atomic E-state index is -0.412. The van der Waals surface area contributed by atoms with Crippen LogP contribution in [0.25, 0.3) is 0 Å². The molecule has 0 rings (SSSR count). The Balaban J connectivity index is 3.34. The largest absolute Gasteiger partial charge is 0.391 e. The van der Waals surface area contributed by atoms with Gasteiger partial charge in [-0.15, -0.1) is 11.6 Å². The molecule has 0 aliphatic carbocycles. The van der Waals surface area contributed by atoms with E-state index in [0.29, 0.717) is 25.3 Å². The van der Waals surface area contributed by atoms with Crippen LogP contribution in [0.15, 0.2) is 0 Å². The van der Waals surface area contributed by atoms with Crippen molar-refractivity contribution in [3.8, 4) is 0 Å². The van der Waals surface area contributed by atoms with Crippen molar-refractivity contribution in [1.82, 2.24) is 5.32 Å². The first-order chi connectivity index (χ1) is 6.20. The molecule has 0 aliphatic rings. The van der Waals surface area contributed by atoms with Gasteiger partial charge in [0.25, 0.3) is 0 Å². The van der Waals surface area contributed by atoms with E-state index in [1.165, 1.54) is 0 Å². The van der Waals surface area contributed by atoms with Gasteiger partial charge in [-0.3, -0.25) is 4.79 Å². The number of alkyl halides is 1. The van der Waals surface area contributed by atoms with Crippen LogP contribution in [0.1, 0.15) is 32.6 Å². The summed E-state index contributed by atoms with van der Waals surface area (Å²) in [6, 6.07) is 0. The molecule has 0 saturated heterocycles. The number of rotatable bonds is 7. The maximum absolute atomic E-state index is 11.0. The summed E-state index contributed by atoms with van der Waals surface area (Å²) < 4.78 is 0. The van der Waals surface area contributed by atoms with E-state index in [4.69, 9.17) is 11.6 Å². The molecule has 0 fully saturated rings. The van der Waals surface area contributed by atoms with Crippen LogP contribution in [0.5, 0.6) is 0 Å². The van der Waals surface area contributed by atoms with Crippen LogP contribution in [0.4, 0.5) is 0 Å². The molecule has 1 atom stereocenters. The molecule has 0 aromatic heterocycles. The Labute approximate surface area is 84.5 Å². The van der Waals surface area contributed by atoms with Gasteiger partial charge in [0, 0.05) is 18.8 Å². The van der Waals surface area contributed by atoms with E-state index >= 15 is 0 Å². The molecule has 0 spiro atoms. The van der Waals surface area contributed by atoms with E-state index in [-0.39, 0.29) is 5.91 Å². The molecule has 4 heteroatoms. The zero-order chi connectivity index (χ0) is 10.1. The van der Waals surface area contributed by atoms with Gasteiger partial charge >= 0.3 is 0 Å². The van der Waals surface area contributed by atoms with Crippen LogP contribution in [0, 0.1) is 0 Å². The molecule has 0 heterocycles. The van der Waals surface area contributed by atoms with Gasteiger partial charge in [-0.25, -0.2) is 0 Å². The van der Waals surface area contributed by atoms with Crippen molar-refractivity contribution in [3.63, 3.8) is 0 Å². The van der Waals surface area contributed by atoms with Crippen molar-refractivity contribution < 1.29 is 9.90 Å². The number of carbonyl (C=O) groups is 1. The first-order valence-corrected chi connectivity index (χ1v) is 5.24. The smallest absolute Gasteiger partial charge is 0.220 e. The molecule has 1 unspecified atom stereocenters. The number of aliphatic hydroxyl groups is 1. The highest BCUT2D eigenvalue weighted by atomic mass is 35.5. The van der Waals surface area contributed by atoms with Gasteiger partial charge in [0.1, 0.15) is 0 Å². The zero-order valence-electron chi connectivity index (χ0n) is 8.05. The van der Waals surface area contributed by atoms with Crippen LogP contribution >= 0.6 is 11.6 Å². The lowest BCUT2D eigenvalue weighted by molar-refractivity contribution is -0.121. The molecule has 0 bridgehead atoms. The van der Waals surface area contributed by atoms with E-state index in [2.05, 4.69) is 5.32 Å². The van der Waals surface area contributed by atoms with E-state index in [1.807, 2.05) is 6.92 Å². The Bertz CT molecular complexity index is 142. The molecule has 0 aromatic carbocycles. The highest BCUT2D eigenvalue weighted by Gasteiger charge is 2.05. The number of halogens is 1. The Hall–Kier alpha value is -0.280. The van der Waals surface area contributed by atoms with Crippen molar-refractivity contribution in [1.29, 1.82) is 0 Å². The maximum atomic E-state index is 11.0. The molecule has 0 radical (unpaired) electrons. The fourth-order valence-corrected chi connectivity index (χ4v) is 1.12. The second-order valence-corrected chi connectivity index (χ2v) is 3.42.